The predicted octanol–water partition coefficient (Wildman–Crippen LogP) is 2.17. The molecule has 2 aromatic rings. The Balaban J connectivity index is 2.19. The summed E-state index contributed by atoms with van der Waals surface area (Å²) in [4.78, 5) is 6.05. The number of nitrogens with two attached hydrogens (primary N) is 1. The van der Waals surface area contributed by atoms with E-state index in [9.17, 15) is 0 Å². The summed E-state index contributed by atoms with van der Waals surface area (Å²) < 4.78 is 0. The van der Waals surface area contributed by atoms with Gasteiger partial charge in [0, 0.05) is 37.4 Å². The summed E-state index contributed by atoms with van der Waals surface area (Å²) in [6, 6.07) is 11.5. The minimum Gasteiger partial charge on any atom is -0.398 e. The molecule has 0 bridgehead atoms. The first-order valence-electron chi connectivity index (χ1n) is 5.60. The fraction of sp³-hybridized carbons (Fsp3) is 0.143. The second kappa shape index (κ2) is 5.19. The molecule has 0 aliphatic rings. The molecule has 1 aromatic carbocycles. The van der Waals surface area contributed by atoms with Crippen molar-refractivity contribution < 1.29 is 0 Å². The van der Waals surface area contributed by atoms with Crippen LogP contribution in [0.15, 0.2) is 42.7 Å². The van der Waals surface area contributed by atoms with E-state index in [1.807, 2.05) is 25.2 Å². The number of nitrogen functional groups attached to an aromatic ring is 1. The van der Waals surface area contributed by atoms with Crippen LogP contribution in [0.5, 0.6) is 0 Å². The number of hydrogen-bond donors (Lipinski definition) is 1. The fourth-order valence-electron chi connectivity index (χ4n) is 1.73. The Morgan fingerprint density at radius 3 is 2.67 bits per heavy atom. The van der Waals surface area contributed by atoms with E-state index < -0.39 is 0 Å². The number of benzene rings is 1. The lowest BCUT2D eigenvalue weighted by molar-refractivity contribution is 0.919. The molecule has 0 radical (unpaired) electrons. The first-order valence-corrected chi connectivity index (χ1v) is 5.60. The van der Waals surface area contributed by atoms with Crippen molar-refractivity contribution in [2.24, 2.45) is 0 Å². The molecule has 0 spiro atoms. The average molecular weight is 238 g/mol. The zero-order chi connectivity index (χ0) is 13.0. The summed E-state index contributed by atoms with van der Waals surface area (Å²) in [6.45, 7) is 0.761. The zero-order valence-corrected chi connectivity index (χ0v) is 10.2. The minimum absolute atomic E-state index is 0.508. The Hall–Kier alpha value is -2.54. The van der Waals surface area contributed by atoms with E-state index in [1.165, 1.54) is 5.56 Å². The fourth-order valence-corrected chi connectivity index (χ4v) is 1.73. The van der Waals surface area contributed by atoms with Gasteiger partial charge in [-0.15, -0.1) is 0 Å². The maximum absolute atomic E-state index is 8.96. The maximum Gasteiger partial charge on any atom is 0.101 e. The predicted molar refractivity (Wildman–Crippen MR) is 71.9 cm³/mol. The second-order valence-corrected chi connectivity index (χ2v) is 4.09. The van der Waals surface area contributed by atoms with E-state index in [4.69, 9.17) is 11.0 Å². The van der Waals surface area contributed by atoms with Crippen molar-refractivity contribution in [2.75, 3.05) is 17.7 Å². The molecule has 4 nitrogen and oxygen atoms in total. The van der Waals surface area contributed by atoms with Crippen molar-refractivity contribution in [2.45, 2.75) is 6.54 Å². The van der Waals surface area contributed by atoms with Gasteiger partial charge >= 0.3 is 0 Å². The van der Waals surface area contributed by atoms with Crippen LogP contribution in [0.3, 0.4) is 0 Å². The molecule has 2 N–H and O–H groups in total. The molecular weight excluding hydrogens is 224 g/mol. The van der Waals surface area contributed by atoms with Gasteiger partial charge in [0.05, 0.1) is 5.56 Å². The highest BCUT2D eigenvalue weighted by molar-refractivity contribution is 5.62. The Kier molecular flexibility index (Phi) is 3.44. The van der Waals surface area contributed by atoms with Gasteiger partial charge in [0.25, 0.3) is 0 Å². The molecule has 1 aromatic heterocycles. The lowest BCUT2D eigenvalue weighted by Crippen LogP contribution is -2.16. The van der Waals surface area contributed by atoms with E-state index >= 15 is 0 Å². The lowest BCUT2D eigenvalue weighted by Gasteiger charge is -2.19. The number of rotatable bonds is 3. The minimum atomic E-state index is 0.508. The van der Waals surface area contributed by atoms with Crippen molar-refractivity contribution in [3.05, 3.63) is 53.9 Å². The average Bonchev–Trinajstić information content (AvgIpc) is 2.40. The van der Waals surface area contributed by atoms with E-state index in [-0.39, 0.29) is 0 Å². The van der Waals surface area contributed by atoms with Gasteiger partial charge < -0.3 is 10.6 Å². The van der Waals surface area contributed by atoms with Crippen LogP contribution in [0.25, 0.3) is 0 Å². The summed E-state index contributed by atoms with van der Waals surface area (Å²) in [7, 11) is 1.98. The van der Waals surface area contributed by atoms with Gasteiger partial charge in [-0.25, -0.2) is 0 Å². The first-order chi connectivity index (χ1) is 8.70. The molecule has 18 heavy (non-hydrogen) atoms. The number of anilines is 2. The first kappa shape index (κ1) is 11.9. The van der Waals surface area contributed by atoms with Crippen LogP contribution < -0.4 is 10.6 Å². The zero-order valence-electron chi connectivity index (χ0n) is 10.2. The van der Waals surface area contributed by atoms with E-state index in [0.717, 1.165) is 12.2 Å². The molecule has 0 aliphatic carbocycles. The molecule has 0 aliphatic heterocycles. The van der Waals surface area contributed by atoms with Crippen LogP contribution in [0.4, 0.5) is 11.4 Å². The lowest BCUT2D eigenvalue weighted by atomic mass is 10.1. The number of hydrogen-bond acceptors (Lipinski definition) is 4. The number of aromatic nitrogens is 1. The highest BCUT2D eigenvalue weighted by Crippen LogP contribution is 2.21. The largest absolute Gasteiger partial charge is 0.398 e. The third-order valence-electron chi connectivity index (χ3n) is 2.77. The Morgan fingerprint density at radius 2 is 2.00 bits per heavy atom. The highest BCUT2D eigenvalue weighted by atomic mass is 15.1. The van der Waals surface area contributed by atoms with Crippen LogP contribution in [-0.2, 0) is 6.54 Å². The van der Waals surface area contributed by atoms with E-state index in [0.29, 0.717) is 11.3 Å². The van der Waals surface area contributed by atoms with Gasteiger partial charge in [0.2, 0.25) is 0 Å². The summed E-state index contributed by atoms with van der Waals surface area (Å²) in [5.74, 6) is 0. The second-order valence-electron chi connectivity index (χ2n) is 4.09. The van der Waals surface area contributed by atoms with Gasteiger partial charge in [-0.3, -0.25) is 4.98 Å². The van der Waals surface area contributed by atoms with E-state index in [1.54, 1.807) is 24.5 Å². The third kappa shape index (κ3) is 2.58. The summed E-state index contributed by atoms with van der Waals surface area (Å²) >= 11 is 0. The number of pyridine rings is 1. The SMILES string of the molecule is CN(Cc1ccncc1)c1ccc(N)c(C#N)c1. The third-order valence-corrected chi connectivity index (χ3v) is 2.77. The van der Waals surface area contributed by atoms with Crippen LogP contribution in [-0.4, -0.2) is 12.0 Å². The van der Waals surface area contributed by atoms with Gasteiger partial charge in [-0.1, -0.05) is 0 Å². The van der Waals surface area contributed by atoms with Crippen LogP contribution >= 0.6 is 0 Å². The van der Waals surface area contributed by atoms with Crippen LogP contribution in [0.2, 0.25) is 0 Å². The van der Waals surface area contributed by atoms with Crippen molar-refractivity contribution in [1.82, 2.24) is 4.98 Å². The molecule has 0 amide bonds. The van der Waals surface area contributed by atoms with Crippen molar-refractivity contribution >= 4 is 11.4 Å². The van der Waals surface area contributed by atoms with Gasteiger partial charge in [0.15, 0.2) is 0 Å². The molecule has 1 heterocycles. The molecule has 0 unspecified atom stereocenters. The van der Waals surface area contributed by atoms with Gasteiger partial charge in [-0.2, -0.15) is 5.26 Å². The van der Waals surface area contributed by atoms with Crippen molar-refractivity contribution in [3.63, 3.8) is 0 Å². The molecule has 0 fully saturated rings. The standard InChI is InChI=1S/C14H14N4/c1-18(10-11-4-6-17-7-5-11)13-2-3-14(16)12(8-13)9-15/h2-8H,10,16H2,1H3. The number of nitriles is 1. The molecule has 2 rings (SSSR count). The Labute approximate surface area is 106 Å². The molecule has 90 valence electrons. The summed E-state index contributed by atoms with van der Waals surface area (Å²) in [5.41, 5.74) is 8.86. The molecule has 0 saturated carbocycles. The quantitative estimate of drug-likeness (QED) is 0.832. The normalized spacial score (nSPS) is 9.78. The summed E-state index contributed by atoms with van der Waals surface area (Å²) in [5, 5.41) is 8.96. The van der Waals surface area contributed by atoms with E-state index in [2.05, 4.69) is 16.0 Å². The Morgan fingerprint density at radius 1 is 1.28 bits per heavy atom. The molecule has 0 atom stereocenters. The monoisotopic (exact) mass is 238 g/mol. The van der Waals surface area contributed by atoms with Crippen molar-refractivity contribution in [1.29, 1.82) is 5.26 Å². The van der Waals surface area contributed by atoms with Gasteiger partial charge in [-0.05, 0) is 35.9 Å². The topological polar surface area (TPSA) is 65.9 Å². The Bertz CT molecular complexity index is 572. The van der Waals surface area contributed by atoms with Crippen LogP contribution in [0.1, 0.15) is 11.1 Å². The molecule has 4 heteroatoms. The summed E-state index contributed by atoms with van der Waals surface area (Å²) in [6.07, 6.45) is 3.54. The van der Waals surface area contributed by atoms with Gasteiger partial charge in [0.1, 0.15) is 6.07 Å². The molecule has 0 saturated heterocycles. The number of nitrogens with zero attached hydrogens (tertiary/aromatic N) is 3. The highest BCUT2D eigenvalue weighted by Gasteiger charge is 2.05. The van der Waals surface area contributed by atoms with Crippen LogP contribution in [0, 0.1) is 11.3 Å². The van der Waals surface area contributed by atoms with Crippen molar-refractivity contribution in [3.8, 4) is 6.07 Å². The smallest absolute Gasteiger partial charge is 0.101 e. The molecular formula is C14H14N4. The maximum atomic E-state index is 8.96.